The lowest BCUT2D eigenvalue weighted by molar-refractivity contribution is -0.117. The maximum Gasteiger partial charge on any atom is 0.241 e. The van der Waals surface area contributed by atoms with Crippen LogP contribution >= 0.6 is 0 Å². The Balaban J connectivity index is 2.33. The molecule has 4 nitrogen and oxygen atoms in total. The van der Waals surface area contributed by atoms with Crippen LogP contribution < -0.4 is 11.1 Å². The number of hydrogen-bond acceptors (Lipinski definition) is 3. The number of carbonyl (C=O) groups is 1. The van der Waals surface area contributed by atoms with Crippen LogP contribution in [-0.2, 0) is 4.79 Å². The SMILES string of the molecule is C=CCC(N)C(=O)Nc1cccc2c(O)cccc12. The van der Waals surface area contributed by atoms with E-state index in [9.17, 15) is 9.90 Å². The van der Waals surface area contributed by atoms with Crippen molar-refractivity contribution in [1.29, 1.82) is 0 Å². The number of rotatable bonds is 4. The van der Waals surface area contributed by atoms with Gasteiger partial charge in [0.05, 0.1) is 6.04 Å². The number of amides is 1. The second kappa shape index (κ2) is 5.54. The third-order valence-corrected chi connectivity index (χ3v) is 2.91. The van der Waals surface area contributed by atoms with Crippen LogP contribution in [0.4, 0.5) is 5.69 Å². The fraction of sp³-hybridized carbons (Fsp3) is 0.133. The van der Waals surface area contributed by atoms with E-state index < -0.39 is 6.04 Å². The number of nitrogens with one attached hydrogen (secondary N) is 1. The Bertz CT molecular complexity index is 623. The van der Waals surface area contributed by atoms with Crippen molar-refractivity contribution in [2.45, 2.75) is 12.5 Å². The molecule has 2 aromatic rings. The van der Waals surface area contributed by atoms with Gasteiger partial charge in [-0.3, -0.25) is 4.79 Å². The zero-order valence-electron chi connectivity index (χ0n) is 10.5. The van der Waals surface area contributed by atoms with Crippen LogP contribution in [0.3, 0.4) is 0 Å². The summed E-state index contributed by atoms with van der Waals surface area (Å²) >= 11 is 0. The second-order valence-corrected chi connectivity index (χ2v) is 4.30. The Hall–Kier alpha value is -2.33. The van der Waals surface area contributed by atoms with E-state index >= 15 is 0 Å². The van der Waals surface area contributed by atoms with Crippen molar-refractivity contribution in [3.05, 3.63) is 49.1 Å². The first kappa shape index (κ1) is 13.1. The summed E-state index contributed by atoms with van der Waals surface area (Å²) in [5.41, 5.74) is 6.35. The van der Waals surface area contributed by atoms with Gasteiger partial charge in [0.15, 0.2) is 0 Å². The molecule has 2 aromatic carbocycles. The normalized spacial score (nSPS) is 12.1. The number of aromatic hydroxyl groups is 1. The Morgan fingerprint density at radius 1 is 1.32 bits per heavy atom. The van der Waals surface area contributed by atoms with Gasteiger partial charge in [-0.1, -0.05) is 30.3 Å². The minimum absolute atomic E-state index is 0.184. The summed E-state index contributed by atoms with van der Waals surface area (Å²) in [6, 6.07) is 9.91. The molecular weight excluding hydrogens is 240 g/mol. The molecule has 0 spiro atoms. The van der Waals surface area contributed by atoms with Gasteiger partial charge in [-0.15, -0.1) is 6.58 Å². The third kappa shape index (κ3) is 2.74. The molecule has 0 fully saturated rings. The molecule has 19 heavy (non-hydrogen) atoms. The summed E-state index contributed by atoms with van der Waals surface area (Å²) < 4.78 is 0. The van der Waals surface area contributed by atoms with Gasteiger partial charge in [-0.05, 0) is 18.6 Å². The number of phenolic OH excluding ortho intramolecular Hbond substituents is 1. The van der Waals surface area contributed by atoms with Gasteiger partial charge >= 0.3 is 0 Å². The molecule has 4 heteroatoms. The molecule has 0 bridgehead atoms. The zero-order valence-corrected chi connectivity index (χ0v) is 10.5. The predicted octanol–water partition coefficient (Wildman–Crippen LogP) is 2.39. The van der Waals surface area contributed by atoms with Crippen LogP contribution in [0.2, 0.25) is 0 Å². The molecule has 1 atom stereocenters. The number of carbonyl (C=O) groups excluding carboxylic acids is 1. The number of phenols is 1. The van der Waals surface area contributed by atoms with Crippen molar-refractivity contribution in [3.63, 3.8) is 0 Å². The monoisotopic (exact) mass is 256 g/mol. The molecule has 2 rings (SSSR count). The molecule has 0 aliphatic rings. The van der Waals surface area contributed by atoms with E-state index in [1.807, 2.05) is 6.07 Å². The smallest absolute Gasteiger partial charge is 0.241 e. The maximum atomic E-state index is 11.9. The van der Waals surface area contributed by atoms with Gasteiger partial charge in [-0.2, -0.15) is 0 Å². The van der Waals surface area contributed by atoms with Gasteiger partial charge in [0.1, 0.15) is 5.75 Å². The van der Waals surface area contributed by atoms with E-state index in [-0.39, 0.29) is 11.7 Å². The van der Waals surface area contributed by atoms with Crippen LogP contribution in [0, 0.1) is 0 Å². The molecule has 0 saturated carbocycles. The Kier molecular flexibility index (Phi) is 3.82. The summed E-state index contributed by atoms with van der Waals surface area (Å²) in [7, 11) is 0. The quantitative estimate of drug-likeness (QED) is 0.735. The number of hydrogen-bond donors (Lipinski definition) is 3. The molecule has 0 radical (unpaired) electrons. The van der Waals surface area contributed by atoms with E-state index in [0.29, 0.717) is 17.5 Å². The fourth-order valence-corrected chi connectivity index (χ4v) is 1.91. The van der Waals surface area contributed by atoms with Crippen molar-refractivity contribution in [1.82, 2.24) is 0 Å². The van der Waals surface area contributed by atoms with Crippen molar-refractivity contribution in [2.24, 2.45) is 5.73 Å². The first-order valence-electron chi connectivity index (χ1n) is 6.01. The summed E-state index contributed by atoms with van der Waals surface area (Å²) in [5, 5.41) is 14.0. The van der Waals surface area contributed by atoms with E-state index in [1.54, 1.807) is 36.4 Å². The Morgan fingerprint density at radius 2 is 2.00 bits per heavy atom. The standard InChI is InChI=1S/C15H16N2O2/c1-2-5-12(16)15(19)17-13-8-3-7-11-10(13)6-4-9-14(11)18/h2-4,6-9,12,18H,1,5,16H2,(H,17,19). The number of anilines is 1. The van der Waals surface area contributed by atoms with Gasteiger partial charge < -0.3 is 16.2 Å². The molecule has 4 N–H and O–H groups in total. The van der Waals surface area contributed by atoms with Gasteiger partial charge in [-0.25, -0.2) is 0 Å². The summed E-state index contributed by atoms with van der Waals surface area (Å²) in [6.07, 6.45) is 2.03. The van der Waals surface area contributed by atoms with Crippen molar-refractivity contribution in [3.8, 4) is 5.75 Å². The first-order valence-corrected chi connectivity index (χ1v) is 6.01. The van der Waals surface area contributed by atoms with Crippen LogP contribution in [0.5, 0.6) is 5.75 Å². The van der Waals surface area contributed by atoms with E-state index in [4.69, 9.17) is 5.73 Å². The third-order valence-electron chi connectivity index (χ3n) is 2.91. The summed E-state index contributed by atoms with van der Waals surface area (Å²) in [6.45, 7) is 3.56. The highest BCUT2D eigenvalue weighted by Gasteiger charge is 2.13. The molecule has 0 aliphatic heterocycles. The summed E-state index contributed by atoms with van der Waals surface area (Å²) in [4.78, 5) is 11.9. The highest BCUT2D eigenvalue weighted by molar-refractivity contribution is 6.05. The number of benzene rings is 2. The van der Waals surface area contributed by atoms with Crippen LogP contribution in [-0.4, -0.2) is 17.1 Å². The molecule has 0 aromatic heterocycles. The highest BCUT2D eigenvalue weighted by Crippen LogP contribution is 2.29. The average molecular weight is 256 g/mol. The van der Waals surface area contributed by atoms with E-state index in [2.05, 4.69) is 11.9 Å². The molecule has 0 aliphatic carbocycles. The minimum Gasteiger partial charge on any atom is -0.507 e. The molecule has 98 valence electrons. The predicted molar refractivity (Wildman–Crippen MR) is 77.0 cm³/mol. The summed E-state index contributed by atoms with van der Waals surface area (Å²) in [5.74, 6) is -0.0836. The van der Waals surface area contributed by atoms with E-state index in [1.165, 1.54) is 0 Å². The zero-order chi connectivity index (χ0) is 13.8. The van der Waals surface area contributed by atoms with Crippen molar-refractivity contribution in [2.75, 3.05) is 5.32 Å². The van der Waals surface area contributed by atoms with Gasteiger partial charge in [0.2, 0.25) is 5.91 Å². The van der Waals surface area contributed by atoms with Crippen molar-refractivity contribution >= 4 is 22.4 Å². The molecule has 0 saturated heterocycles. The Labute approximate surface area is 111 Å². The minimum atomic E-state index is -0.620. The van der Waals surface area contributed by atoms with Crippen LogP contribution in [0.15, 0.2) is 49.1 Å². The van der Waals surface area contributed by atoms with Gasteiger partial charge in [0.25, 0.3) is 0 Å². The van der Waals surface area contributed by atoms with E-state index in [0.717, 1.165) is 5.39 Å². The Morgan fingerprint density at radius 3 is 2.74 bits per heavy atom. The maximum absolute atomic E-state index is 11.9. The number of nitrogens with two attached hydrogens (primary N) is 1. The molecule has 0 heterocycles. The first-order chi connectivity index (χ1) is 9.13. The molecular formula is C15H16N2O2. The fourth-order valence-electron chi connectivity index (χ4n) is 1.91. The topological polar surface area (TPSA) is 75.4 Å². The second-order valence-electron chi connectivity index (χ2n) is 4.30. The molecule has 1 amide bonds. The molecule has 1 unspecified atom stereocenters. The lowest BCUT2D eigenvalue weighted by Crippen LogP contribution is -2.35. The van der Waals surface area contributed by atoms with Crippen molar-refractivity contribution < 1.29 is 9.90 Å². The highest BCUT2D eigenvalue weighted by atomic mass is 16.3. The lowest BCUT2D eigenvalue weighted by Gasteiger charge is -2.12. The lowest BCUT2D eigenvalue weighted by atomic mass is 10.1. The number of fused-ring (bicyclic) bond motifs is 1. The average Bonchev–Trinajstić information content (AvgIpc) is 2.40. The van der Waals surface area contributed by atoms with Crippen LogP contribution in [0.25, 0.3) is 10.8 Å². The van der Waals surface area contributed by atoms with Gasteiger partial charge in [0, 0.05) is 16.5 Å². The largest absolute Gasteiger partial charge is 0.507 e. The van der Waals surface area contributed by atoms with Crippen LogP contribution in [0.1, 0.15) is 6.42 Å².